The summed E-state index contributed by atoms with van der Waals surface area (Å²) in [5.74, 6) is -1.03. The maximum atomic E-state index is 12.6. The van der Waals surface area contributed by atoms with E-state index in [2.05, 4.69) is 16.9 Å². The molecule has 132 valence electrons. The monoisotopic (exact) mass is 375 g/mol. The van der Waals surface area contributed by atoms with E-state index in [1.165, 1.54) is 0 Å². The highest BCUT2D eigenvalue weighted by molar-refractivity contribution is 6.33. The van der Waals surface area contributed by atoms with Gasteiger partial charge in [-0.1, -0.05) is 60.1 Å². The Balaban J connectivity index is 1.83. The van der Waals surface area contributed by atoms with Crippen LogP contribution in [0.1, 0.15) is 26.3 Å². The largest absolute Gasteiger partial charge is 0.271 e. The summed E-state index contributed by atoms with van der Waals surface area (Å²) in [6.45, 7) is 0. The van der Waals surface area contributed by atoms with Crippen molar-refractivity contribution in [2.75, 3.05) is 0 Å². The zero-order valence-electron chi connectivity index (χ0n) is 14.1. The summed E-state index contributed by atoms with van der Waals surface area (Å²) in [5, 5.41) is 9.60. The van der Waals surface area contributed by atoms with Crippen LogP contribution in [0.15, 0.2) is 72.8 Å². The fourth-order valence-electron chi connectivity index (χ4n) is 2.63. The van der Waals surface area contributed by atoms with Gasteiger partial charge in [0, 0.05) is 11.1 Å². The van der Waals surface area contributed by atoms with E-state index in [0.717, 1.165) is 0 Å². The maximum absolute atomic E-state index is 12.6. The van der Waals surface area contributed by atoms with Crippen LogP contribution in [0.25, 0.3) is 11.1 Å². The number of hydrogen-bond donors (Lipinski definition) is 2. The van der Waals surface area contributed by atoms with E-state index in [9.17, 15) is 14.9 Å². The summed E-state index contributed by atoms with van der Waals surface area (Å²) in [5.41, 5.74) is 7.03. The first-order valence-corrected chi connectivity index (χ1v) is 8.43. The molecular weight excluding hydrogens is 362 g/mol. The first-order valence-electron chi connectivity index (χ1n) is 8.05. The first kappa shape index (κ1) is 18.2. The molecule has 0 aliphatic rings. The number of carbonyl (C=O) groups excluding carboxylic acids is 2. The topological polar surface area (TPSA) is 82.0 Å². The van der Waals surface area contributed by atoms with Gasteiger partial charge in [0.25, 0.3) is 11.8 Å². The third kappa shape index (κ3) is 3.97. The summed E-state index contributed by atoms with van der Waals surface area (Å²) in [4.78, 5) is 24.8. The zero-order valence-corrected chi connectivity index (χ0v) is 14.8. The molecule has 0 atom stereocenters. The lowest BCUT2D eigenvalue weighted by Crippen LogP contribution is -2.41. The van der Waals surface area contributed by atoms with Gasteiger partial charge < -0.3 is 0 Å². The highest BCUT2D eigenvalue weighted by Crippen LogP contribution is 2.26. The van der Waals surface area contributed by atoms with Gasteiger partial charge in [-0.25, -0.2) is 0 Å². The van der Waals surface area contributed by atoms with Crippen LogP contribution in [0.5, 0.6) is 0 Å². The highest BCUT2D eigenvalue weighted by Gasteiger charge is 2.16. The Hall–Kier alpha value is -3.62. The summed E-state index contributed by atoms with van der Waals surface area (Å²) in [7, 11) is 0. The number of nitrogens with zero attached hydrogens (tertiary/aromatic N) is 1. The van der Waals surface area contributed by atoms with Gasteiger partial charge in [-0.15, -0.1) is 0 Å². The van der Waals surface area contributed by atoms with Crippen LogP contribution in [0.4, 0.5) is 0 Å². The number of nitrogens with one attached hydrogen (secondary N) is 2. The van der Waals surface area contributed by atoms with Crippen molar-refractivity contribution < 1.29 is 9.59 Å². The van der Waals surface area contributed by atoms with E-state index in [-0.39, 0.29) is 10.6 Å². The molecule has 2 N–H and O–H groups in total. The number of hydrazine groups is 1. The maximum Gasteiger partial charge on any atom is 0.271 e. The van der Waals surface area contributed by atoms with Gasteiger partial charge in [0.05, 0.1) is 22.2 Å². The van der Waals surface area contributed by atoms with Crippen LogP contribution in [0.2, 0.25) is 5.02 Å². The minimum absolute atomic E-state index is 0.252. The Morgan fingerprint density at radius 1 is 0.741 bits per heavy atom. The summed E-state index contributed by atoms with van der Waals surface area (Å²) >= 11 is 5.99. The number of amides is 2. The molecule has 0 aliphatic heterocycles. The first-order chi connectivity index (χ1) is 13.1. The standard InChI is InChI=1S/C21H14ClN3O2/c22-19-12-6-5-11-18(19)21(27)25-24-20(26)17-10-4-3-9-16(17)15-8-2-1-7-14(15)13-23/h1-12H,(H,24,26)(H,25,27). The lowest BCUT2D eigenvalue weighted by atomic mass is 9.95. The van der Waals surface area contributed by atoms with Crippen LogP contribution in [0.3, 0.4) is 0 Å². The molecule has 0 spiro atoms. The molecule has 0 fully saturated rings. The number of nitriles is 1. The minimum Gasteiger partial charge on any atom is -0.267 e. The molecule has 5 nitrogen and oxygen atoms in total. The van der Waals surface area contributed by atoms with Gasteiger partial charge in [0.1, 0.15) is 0 Å². The van der Waals surface area contributed by atoms with Gasteiger partial charge >= 0.3 is 0 Å². The number of halogens is 1. The zero-order chi connectivity index (χ0) is 19.2. The molecule has 0 bridgehead atoms. The second-order valence-corrected chi connectivity index (χ2v) is 6.00. The van der Waals surface area contributed by atoms with Crippen molar-refractivity contribution in [3.05, 3.63) is 94.5 Å². The van der Waals surface area contributed by atoms with Crippen LogP contribution < -0.4 is 10.9 Å². The van der Waals surface area contributed by atoms with E-state index >= 15 is 0 Å². The van der Waals surface area contributed by atoms with E-state index in [0.29, 0.717) is 22.3 Å². The third-order valence-electron chi connectivity index (χ3n) is 3.92. The molecule has 0 heterocycles. The van der Waals surface area contributed by atoms with Crippen molar-refractivity contribution in [1.29, 1.82) is 5.26 Å². The Labute approximate surface area is 161 Å². The molecule has 2 amide bonds. The minimum atomic E-state index is -0.524. The van der Waals surface area contributed by atoms with Crippen LogP contribution in [0, 0.1) is 11.3 Å². The van der Waals surface area contributed by atoms with E-state index in [1.54, 1.807) is 72.8 Å². The quantitative estimate of drug-likeness (QED) is 0.680. The molecule has 0 saturated carbocycles. The summed E-state index contributed by atoms with van der Waals surface area (Å²) in [6.07, 6.45) is 0. The average Bonchev–Trinajstić information content (AvgIpc) is 2.72. The van der Waals surface area contributed by atoms with Crippen LogP contribution in [-0.2, 0) is 0 Å². The Bertz CT molecular complexity index is 1060. The molecule has 3 rings (SSSR count). The lowest BCUT2D eigenvalue weighted by molar-refractivity contribution is 0.0847. The predicted molar refractivity (Wildman–Crippen MR) is 103 cm³/mol. The predicted octanol–water partition coefficient (Wildman–Crippen LogP) is 3.95. The highest BCUT2D eigenvalue weighted by atomic mass is 35.5. The second kappa shape index (κ2) is 8.17. The van der Waals surface area contributed by atoms with Gasteiger partial charge in [-0.3, -0.25) is 20.4 Å². The van der Waals surface area contributed by atoms with E-state index in [4.69, 9.17) is 11.6 Å². The second-order valence-electron chi connectivity index (χ2n) is 5.59. The summed E-state index contributed by atoms with van der Waals surface area (Å²) in [6, 6.07) is 22.5. The average molecular weight is 376 g/mol. The van der Waals surface area contributed by atoms with Gasteiger partial charge in [-0.2, -0.15) is 5.26 Å². The molecule has 0 aromatic heterocycles. The number of benzene rings is 3. The Kier molecular flexibility index (Phi) is 5.50. The molecule has 3 aromatic rings. The third-order valence-corrected chi connectivity index (χ3v) is 4.25. The molecule has 0 saturated heterocycles. The number of hydrogen-bond acceptors (Lipinski definition) is 3. The van der Waals surface area contributed by atoms with Crippen molar-refractivity contribution in [2.24, 2.45) is 0 Å². The van der Waals surface area contributed by atoms with Gasteiger partial charge in [0.2, 0.25) is 0 Å². The van der Waals surface area contributed by atoms with Crippen molar-refractivity contribution >= 4 is 23.4 Å². The molecule has 6 heteroatoms. The normalized spacial score (nSPS) is 9.93. The molecule has 0 radical (unpaired) electrons. The lowest BCUT2D eigenvalue weighted by Gasteiger charge is -2.12. The molecule has 27 heavy (non-hydrogen) atoms. The Morgan fingerprint density at radius 3 is 1.93 bits per heavy atom. The SMILES string of the molecule is N#Cc1ccccc1-c1ccccc1C(=O)NNC(=O)c1ccccc1Cl. The fraction of sp³-hybridized carbons (Fsp3) is 0. The van der Waals surface area contributed by atoms with E-state index in [1.807, 2.05) is 0 Å². The molecular formula is C21H14ClN3O2. The molecule has 0 unspecified atom stereocenters. The van der Waals surface area contributed by atoms with Gasteiger partial charge in [-0.05, 0) is 29.8 Å². The Morgan fingerprint density at radius 2 is 1.26 bits per heavy atom. The van der Waals surface area contributed by atoms with Crippen molar-refractivity contribution in [3.63, 3.8) is 0 Å². The smallest absolute Gasteiger partial charge is 0.267 e. The van der Waals surface area contributed by atoms with Crippen LogP contribution in [-0.4, -0.2) is 11.8 Å². The summed E-state index contributed by atoms with van der Waals surface area (Å²) < 4.78 is 0. The van der Waals surface area contributed by atoms with Crippen molar-refractivity contribution in [1.82, 2.24) is 10.9 Å². The number of carbonyl (C=O) groups is 2. The van der Waals surface area contributed by atoms with E-state index < -0.39 is 11.8 Å². The van der Waals surface area contributed by atoms with Crippen LogP contribution >= 0.6 is 11.6 Å². The molecule has 0 aliphatic carbocycles. The van der Waals surface area contributed by atoms with Gasteiger partial charge in [0.15, 0.2) is 0 Å². The van der Waals surface area contributed by atoms with Crippen molar-refractivity contribution in [3.8, 4) is 17.2 Å². The number of rotatable bonds is 3. The fourth-order valence-corrected chi connectivity index (χ4v) is 2.85. The molecule has 3 aromatic carbocycles. The van der Waals surface area contributed by atoms with Crippen molar-refractivity contribution in [2.45, 2.75) is 0 Å².